The van der Waals surface area contributed by atoms with E-state index in [2.05, 4.69) is 0 Å². The van der Waals surface area contributed by atoms with Gasteiger partial charge in [0.1, 0.15) is 5.82 Å². The van der Waals surface area contributed by atoms with Gasteiger partial charge in [0.05, 0.1) is 0 Å². The van der Waals surface area contributed by atoms with Crippen LogP contribution in [0.1, 0.15) is 15.9 Å². The van der Waals surface area contributed by atoms with Crippen LogP contribution in [0, 0.1) is 5.82 Å². The van der Waals surface area contributed by atoms with Crippen molar-refractivity contribution in [3.8, 4) is 0 Å². The molecule has 0 bridgehead atoms. The molecule has 2 nitrogen and oxygen atoms in total. The highest BCUT2D eigenvalue weighted by Gasteiger charge is 2.01. The van der Waals surface area contributed by atoms with Crippen LogP contribution in [0.2, 0.25) is 0 Å². The maximum Gasteiger partial charge on any atom is 0.185 e. The fourth-order valence-electron chi connectivity index (χ4n) is 1.77. The Labute approximate surface area is 118 Å². The van der Waals surface area contributed by atoms with E-state index in [1.165, 1.54) is 30.3 Å². The first-order chi connectivity index (χ1) is 9.56. The lowest BCUT2D eigenvalue weighted by Crippen LogP contribution is -2.07. The zero-order chi connectivity index (χ0) is 14.5. The Morgan fingerprint density at radius 3 is 2.15 bits per heavy atom. The summed E-state index contributed by atoms with van der Waals surface area (Å²) in [5.74, 6) is -0.480. The summed E-state index contributed by atoms with van der Waals surface area (Å²) in [6.45, 7) is 0. The zero-order valence-electron chi connectivity index (χ0n) is 11.5. The van der Waals surface area contributed by atoms with Crippen LogP contribution >= 0.6 is 0 Å². The maximum atomic E-state index is 12.8. The second-order valence-electron chi connectivity index (χ2n) is 4.69. The molecule has 3 heteroatoms. The molecule has 2 aromatic carbocycles. The number of carbonyl (C=O) groups is 1. The van der Waals surface area contributed by atoms with E-state index in [0.29, 0.717) is 5.56 Å². The van der Waals surface area contributed by atoms with Crippen LogP contribution in [-0.2, 0) is 0 Å². The van der Waals surface area contributed by atoms with E-state index in [1.807, 2.05) is 43.3 Å². The summed E-state index contributed by atoms with van der Waals surface area (Å²) in [5.41, 5.74) is 2.53. The summed E-state index contributed by atoms with van der Waals surface area (Å²) in [6, 6.07) is 13.4. The quantitative estimate of drug-likeness (QED) is 0.621. The zero-order valence-corrected chi connectivity index (χ0v) is 11.5. The third-order valence-corrected chi connectivity index (χ3v) is 2.97. The Morgan fingerprint density at radius 1 is 1.00 bits per heavy atom. The first kappa shape index (κ1) is 14.0. The van der Waals surface area contributed by atoms with Crippen molar-refractivity contribution >= 4 is 17.5 Å². The van der Waals surface area contributed by atoms with Gasteiger partial charge in [0.2, 0.25) is 0 Å². The van der Waals surface area contributed by atoms with E-state index in [9.17, 15) is 9.18 Å². The molecule has 0 N–H and O–H groups in total. The number of hydrogen-bond donors (Lipinski definition) is 0. The number of rotatable bonds is 4. The fraction of sp³-hybridized carbons (Fsp3) is 0.118. The monoisotopic (exact) mass is 269 g/mol. The number of ketones is 1. The molecule has 0 heterocycles. The molecule has 0 amide bonds. The number of halogens is 1. The highest BCUT2D eigenvalue weighted by molar-refractivity contribution is 6.06. The van der Waals surface area contributed by atoms with Crippen LogP contribution in [0.3, 0.4) is 0 Å². The van der Waals surface area contributed by atoms with Crippen LogP contribution in [0.25, 0.3) is 6.08 Å². The van der Waals surface area contributed by atoms with Crippen molar-refractivity contribution in [1.82, 2.24) is 0 Å². The summed E-state index contributed by atoms with van der Waals surface area (Å²) >= 11 is 0. The minimum Gasteiger partial charge on any atom is -0.378 e. The summed E-state index contributed by atoms with van der Waals surface area (Å²) in [4.78, 5) is 13.9. The van der Waals surface area contributed by atoms with Gasteiger partial charge in [-0.3, -0.25) is 4.79 Å². The van der Waals surface area contributed by atoms with Crippen molar-refractivity contribution in [3.05, 3.63) is 71.6 Å². The topological polar surface area (TPSA) is 20.3 Å². The minimum absolute atomic E-state index is 0.137. The van der Waals surface area contributed by atoms with Crippen LogP contribution in [-0.4, -0.2) is 19.9 Å². The van der Waals surface area contributed by atoms with Gasteiger partial charge in [-0.15, -0.1) is 0 Å². The molecule has 0 aliphatic rings. The Bertz CT molecular complexity index is 612. The smallest absolute Gasteiger partial charge is 0.185 e. The van der Waals surface area contributed by atoms with E-state index in [1.54, 1.807) is 6.08 Å². The van der Waals surface area contributed by atoms with E-state index in [0.717, 1.165) is 11.3 Å². The lowest BCUT2D eigenvalue weighted by atomic mass is 10.1. The minimum atomic E-state index is -0.343. The van der Waals surface area contributed by atoms with Gasteiger partial charge in [-0.25, -0.2) is 4.39 Å². The van der Waals surface area contributed by atoms with Gasteiger partial charge in [0.25, 0.3) is 0 Å². The Kier molecular flexibility index (Phi) is 4.31. The summed E-state index contributed by atoms with van der Waals surface area (Å²) < 4.78 is 12.8. The lowest BCUT2D eigenvalue weighted by molar-refractivity contribution is 0.104. The number of hydrogen-bond acceptors (Lipinski definition) is 2. The SMILES string of the molecule is CN(C)c1ccc(/C=C/C(=O)c2ccc(F)cc2)cc1. The van der Waals surface area contributed by atoms with Gasteiger partial charge >= 0.3 is 0 Å². The largest absolute Gasteiger partial charge is 0.378 e. The molecule has 0 spiro atoms. The fourth-order valence-corrected chi connectivity index (χ4v) is 1.77. The van der Waals surface area contributed by atoms with Gasteiger partial charge in [-0.1, -0.05) is 18.2 Å². The average Bonchev–Trinajstić information content (AvgIpc) is 2.46. The van der Waals surface area contributed by atoms with Gasteiger partial charge in [0.15, 0.2) is 5.78 Å². The molecule has 0 saturated heterocycles. The second kappa shape index (κ2) is 6.15. The van der Waals surface area contributed by atoms with E-state index in [4.69, 9.17) is 0 Å². The van der Waals surface area contributed by atoms with Crippen molar-refractivity contribution in [3.63, 3.8) is 0 Å². The first-order valence-electron chi connectivity index (χ1n) is 6.31. The predicted octanol–water partition coefficient (Wildman–Crippen LogP) is 3.79. The standard InChI is InChI=1S/C17H16FNO/c1-19(2)16-10-3-13(4-11-16)5-12-17(20)14-6-8-15(18)9-7-14/h3-12H,1-2H3/b12-5+. The number of anilines is 1. The van der Waals surface area contributed by atoms with Gasteiger partial charge < -0.3 is 4.90 Å². The van der Waals surface area contributed by atoms with Crippen LogP contribution in [0.15, 0.2) is 54.6 Å². The molecule has 0 aromatic heterocycles. The van der Waals surface area contributed by atoms with Crippen LogP contribution in [0.5, 0.6) is 0 Å². The molecule has 102 valence electrons. The molecule has 0 aliphatic carbocycles. The molecule has 0 unspecified atom stereocenters. The van der Waals surface area contributed by atoms with Crippen molar-refractivity contribution < 1.29 is 9.18 Å². The molecule has 2 rings (SSSR count). The van der Waals surface area contributed by atoms with Crippen molar-refractivity contribution in [1.29, 1.82) is 0 Å². The molecular formula is C17H16FNO. The number of carbonyl (C=O) groups excluding carboxylic acids is 1. The van der Waals surface area contributed by atoms with Gasteiger partial charge in [-0.2, -0.15) is 0 Å². The molecule has 0 radical (unpaired) electrons. The number of allylic oxidation sites excluding steroid dienone is 1. The van der Waals surface area contributed by atoms with Crippen LogP contribution in [0.4, 0.5) is 10.1 Å². The Morgan fingerprint density at radius 2 is 1.60 bits per heavy atom. The third kappa shape index (κ3) is 3.54. The van der Waals surface area contributed by atoms with Crippen molar-refractivity contribution in [2.24, 2.45) is 0 Å². The van der Waals surface area contributed by atoms with Gasteiger partial charge in [-0.05, 0) is 48.0 Å². The first-order valence-corrected chi connectivity index (χ1v) is 6.31. The highest BCUT2D eigenvalue weighted by atomic mass is 19.1. The Hall–Kier alpha value is -2.42. The molecule has 0 saturated carbocycles. The van der Waals surface area contributed by atoms with E-state index >= 15 is 0 Å². The van der Waals surface area contributed by atoms with Crippen LogP contribution < -0.4 is 4.90 Å². The highest BCUT2D eigenvalue weighted by Crippen LogP contribution is 2.13. The van der Waals surface area contributed by atoms with E-state index < -0.39 is 0 Å². The molecule has 0 atom stereocenters. The molecule has 2 aromatic rings. The van der Waals surface area contributed by atoms with Gasteiger partial charge in [0, 0.05) is 25.3 Å². The van der Waals surface area contributed by atoms with Crippen molar-refractivity contribution in [2.45, 2.75) is 0 Å². The molecule has 0 fully saturated rings. The second-order valence-corrected chi connectivity index (χ2v) is 4.69. The van der Waals surface area contributed by atoms with Crippen molar-refractivity contribution in [2.75, 3.05) is 19.0 Å². The number of benzene rings is 2. The molecule has 0 aliphatic heterocycles. The average molecular weight is 269 g/mol. The normalized spacial score (nSPS) is 10.8. The molecule has 20 heavy (non-hydrogen) atoms. The predicted molar refractivity (Wildman–Crippen MR) is 80.5 cm³/mol. The maximum absolute atomic E-state index is 12.8. The summed E-state index contributed by atoms with van der Waals surface area (Å²) in [7, 11) is 3.95. The Balaban J connectivity index is 2.08. The van der Waals surface area contributed by atoms with E-state index in [-0.39, 0.29) is 11.6 Å². The lowest BCUT2D eigenvalue weighted by Gasteiger charge is -2.11. The molecular weight excluding hydrogens is 253 g/mol. The summed E-state index contributed by atoms with van der Waals surface area (Å²) in [6.07, 6.45) is 3.25. The number of nitrogens with zero attached hydrogens (tertiary/aromatic N) is 1. The summed E-state index contributed by atoms with van der Waals surface area (Å²) in [5, 5.41) is 0. The third-order valence-electron chi connectivity index (χ3n) is 2.97.